The van der Waals surface area contributed by atoms with Crippen LogP contribution in [0.1, 0.15) is 41.1 Å². The molecule has 0 saturated carbocycles. The minimum Gasteiger partial charge on any atom is -0.481 e. The van der Waals surface area contributed by atoms with E-state index in [9.17, 15) is 9.59 Å². The van der Waals surface area contributed by atoms with Crippen molar-refractivity contribution in [3.8, 4) is 5.75 Å². The molecule has 1 amide bonds. The van der Waals surface area contributed by atoms with Crippen LogP contribution in [0, 0.1) is 6.92 Å². The number of fused-ring (bicyclic) bond motifs is 3. The molecule has 0 bridgehead atoms. The van der Waals surface area contributed by atoms with Crippen LogP contribution in [0.2, 0.25) is 0 Å². The van der Waals surface area contributed by atoms with E-state index in [4.69, 9.17) is 15.2 Å². The van der Waals surface area contributed by atoms with Crippen LogP contribution in [0.5, 0.6) is 5.75 Å². The predicted molar refractivity (Wildman–Crippen MR) is 115 cm³/mol. The number of hydrogen-bond donors (Lipinski definition) is 1. The zero-order chi connectivity index (χ0) is 21.3. The van der Waals surface area contributed by atoms with Crippen molar-refractivity contribution in [2.75, 3.05) is 13.7 Å². The lowest BCUT2D eigenvalue weighted by Crippen LogP contribution is -2.25. The van der Waals surface area contributed by atoms with E-state index in [0.29, 0.717) is 12.3 Å². The maximum atomic E-state index is 12.3. The smallest absolute Gasteiger partial charge is 0.343 e. The Hall–Kier alpha value is -3.28. The third-order valence-corrected chi connectivity index (χ3v) is 5.87. The molecule has 1 aliphatic carbocycles. The molecule has 1 aliphatic rings. The Balaban J connectivity index is 1.95. The fourth-order valence-electron chi connectivity index (χ4n) is 4.51. The van der Waals surface area contributed by atoms with Gasteiger partial charge < -0.3 is 19.8 Å². The van der Waals surface area contributed by atoms with Crippen molar-refractivity contribution in [3.05, 3.63) is 64.8 Å². The summed E-state index contributed by atoms with van der Waals surface area (Å²) in [5.41, 5.74) is 11.2. The summed E-state index contributed by atoms with van der Waals surface area (Å²) in [4.78, 5) is 24.0. The fraction of sp³-hybridized carbons (Fsp3) is 0.333. The average molecular weight is 406 g/mol. The Morgan fingerprint density at radius 1 is 1.17 bits per heavy atom. The Morgan fingerprint density at radius 3 is 2.63 bits per heavy atom. The van der Waals surface area contributed by atoms with Crippen LogP contribution < -0.4 is 10.5 Å². The lowest BCUT2D eigenvalue weighted by Gasteiger charge is -2.22. The number of methoxy groups -OCH3 is 1. The molecule has 0 spiro atoms. The largest absolute Gasteiger partial charge is 0.481 e. The van der Waals surface area contributed by atoms with Crippen molar-refractivity contribution in [1.82, 2.24) is 4.57 Å². The number of ether oxygens (including phenoxy) is 2. The zero-order valence-corrected chi connectivity index (χ0v) is 17.3. The Morgan fingerprint density at radius 2 is 1.93 bits per heavy atom. The van der Waals surface area contributed by atoms with E-state index in [1.807, 2.05) is 30.3 Å². The quantitative estimate of drug-likeness (QED) is 0.636. The minimum absolute atomic E-state index is 0.186. The number of benzene rings is 2. The molecule has 0 radical (unpaired) electrons. The maximum absolute atomic E-state index is 12.3. The topological polar surface area (TPSA) is 83.6 Å². The van der Waals surface area contributed by atoms with Crippen molar-refractivity contribution in [2.24, 2.45) is 5.73 Å². The lowest BCUT2D eigenvalue weighted by molar-refractivity contribution is -0.142. The van der Waals surface area contributed by atoms with Gasteiger partial charge in [-0.15, -0.1) is 0 Å². The van der Waals surface area contributed by atoms with Crippen LogP contribution in [0.25, 0.3) is 10.9 Å². The number of aryl methyl sites for hydroxylation is 1. The summed E-state index contributed by atoms with van der Waals surface area (Å²) in [6, 6.07) is 14.1. The van der Waals surface area contributed by atoms with Crippen LogP contribution >= 0.6 is 0 Å². The summed E-state index contributed by atoms with van der Waals surface area (Å²) in [5, 5.41) is 0.883. The van der Waals surface area contributed by atoms with E-state index >= 15 is 0 Å². The highest BCUT2D eigenvalue weighted by atomic mass is 16.6. The number of esters is 1. The number of nitrogens with zero attached hydrogens (tertiary/aromatic N) is 1. The molecule has 2 aromatic carbocycles. The van der Waals surface area contributed by atoms with Gasteiger partial charge in [-0.05, 0) is 48.9 Å². The molecule has 6 nitrogen and oxygen atoms in total. The summed E-state index contributed by atoms with van der Waals surface area (Å²) in [5.74, 6) is -0.560. The number of nitrogens with two attached hydrogens (primary N) is 1. The number of carbonyl (C=O) groups is 2. The molecular weight excluding hydrogens is 380 g/mol. The van der Waals surface area contributed by atoms with E-state index in [1.54, 1.807) is 0 Å². The van der Waals surface area contributed by atoms with Gasteiger partial charge in [0.1, 0.15) is 5.75 Å². The molecular formula is C24H26N2O4. The first-order valence-electron chi connectivity index (χ1n) is 10.2. The zero-order valence-electron chi connectivity index (χ0n) is 17.3. The summed E-state index contributed by atoms with van der Waals surface area (Å²) >= 11 is 0. The molecule has 156 valence electrons. The average Bonchev–Trinajstić information content (AvgIpc) is 3.09. The second kappa shape index (κ2) is 8.22. The molecule has 0 aliphatic heterocycles. The highest BCUT2D eigenvalue weighted by Crippen LogP contribution is 2.44. The van der Waals surface area contributed by atoms with Gasteiger partial charge in [-0.3, -0.25) is 4.79 Å². The molecule has 30 heavy (non-hydrogen) atoms. The molecule has 0 fully saturated rings. The molecule has 3 aromatic rings. The standard InChI is InChI=1S/C24H26N2O4/c1-15-11-12-19(30-14-20(27)29-2)22-21-17(24(25)28)9-6-10-18(21)26(23(15)22)13-16-7-4-3-5-8-16/h3-5,7-8,11-12,17H,6,9-10,13-14H2,1-2H3,(H2,25,28). The number of primary amides is 1. The Bertz CT molecular complexity index is 1100. The molecule has 1 unspecified atom stereocenters. The molecule has 1 atom stereocenters. The van der Waals surface area contributed by atoms with Gasteiger partial charge >= 0.3 is 5.97 Å². The van der Waals surface area contributed by atoms with Crippen molar-refractivity contribution in [2.45, 2.75) is 38.6 Å². The van der Waals surface area contributed by atoms with Crippen LogP contribution in [-0.4, -0.2) is 30.2 Å². The monoisotopic (exact) mass is 406 g/mol. The van der Waals surface area contributed by atoms with Crippen LogP contribution in [0.15, 0.2) is 42.5 Å². The van der Waals surface area contributed by atoms with Crippen molar-refractivity contribution < 1.29 is 19.1 Å². The van der Waals surface area contributed by atoms with E-state index in [1.165, 1.54) is 12.7 Å². The summed E-state index contributed by atoms with van der Waals surface area (Å²) < 4.78 is 12.9. The van der Waals surface area contributed by atoms with E-state index in [-0.39, 0.29) is 18.4 Å². The Labute approximate surface area is 175 Å². The first-order chi connectivity index (χ1) is 14.5. The SMILES string of the molecule is COC(=O)COc1ccc(C)c2c1c1c(n2Cc2ccccc2)CCCC1C(N)=O. The van der Waals surface area contributed by atoms with E-state index in [2.05, 4.69) is 23.6 Å². The van der Waals surface area contributed by atoms with Crippen molar-refractivity contribution in [3.63, 3.8) is 0 Å². The van der Waals surface area contributed by atoms with Crippen molar-refractivity contribution in [1.29, 1.82) is 0 Å². The highest BCUT2D eigenvalue weighted by Gasteiger charge is 2.33. The number of hydrogen-bond acceptors (Lipinski definition) is 4. The number of carbonyl (C=O) groups excluding carboxylic acids is 2. The molecule has 0 saturated heterocycles. The van der Waals surface area contributed by atoms with Gasteiger partial charge in [0.2, 0.25) is 5.91 Å². The molecule has 1 aromatic heterocycles. The first-order valence-corrected chi connectivity index (χ1v) is 10.2. The van der Waals surface area contributed by atoms with Crippen LogP contribution in [0.3, 0.4) is 0 Å². The summed E-state index contributed by atoms with van der Waals surface area (Å²) in [7, 11) is 1.33. The summed E-state index contributed by atoms with van der Waals surface area (Å²) in [6.45, 7) is 2.56. The minimum atomic E-state index is -0.451. The Kier molecular flexibility index (Phi) is 5.48. The first kappa shape index (κ1) is 20.0. The number of rotatable bonds is 6. The number of aromatic nitrogens is 1. The van der Waals surface area contributed by atoms with Crippen molar-refractivity contribution >= 4 is 22.8 Å². The third-order valence-electron chi connectivity index (χ3n) is 5.87. The van der Waals surface area contributed by atoms with E-state index < -0.39 is 5.97 Å². The van der Waals surface area contributed by atoms with Gasteiger partial charge in [-0.25, -0.2) is 4.79 Å². The lowest BCUT2D eigenvalue weighted by atomic mass is 9.84. The second-order valence-corrected chi connectivity index (χ2v) is 7.75. The molecule has 6 heteroatoms. The van der Waals surface area contributed by atoms with Gasteiger partial charge in [0, 0.05) is 17.6 Å². The molecule has 4 rings (SSSR count). The van der Waals surface area contributed by atoms with Gasteiger partial charge in [0.05, 0.1) is 18.5 Å². The predicted octanol–water partition coefficient (Wildman–Crippen LogP) is 3.46. The highest BCUT2D eigenvalue weighted by molar-refractivity contribution is 5.98. The van der Waals surface area contributed by atoms with Crippen LogP contribution in [0.4, 0.5) is 0 Å². The maximum Gasteiger partial charge on any atom is 0.343 e. The number of amides is 1. The van der Waals surface area contributed by atoms with E-state index in [0.717, 1.165) is 47.0 Å². The second-order valence-electron chi connectivity index (χ2n) is 7.75. The molecule has 2 N–H and O–H groups in total. The van der Waals surface area contributed by atoms with Gasteiger partial charge in [-0.2, -0.15) is 0 Å². The van der Waals surface area contributed by atoms with Crippen LogP contribution in [-0.2, 0) is 27.3 Å². The third kappa shape index (κ3) is 3.54. The van der Waals surface area contributed by atoms with Gasteiger partial charge in [0.25, 0.3) is 0 Å². The normalized spacial score (nSPS) is 15.6. The molecule has 1 heterocycles. The van der Waals surface area contributed by atoms with Gasteiger partial charge in [0.15, 0.2) is 6.61 Å². The van der Waals surface area contributed by atoms with Gasteiger partial charge in [-0.1, -0.05) is 36.4 Å². The fourth-order valence-corrected chi connectivity index (χ4v) is 4.51. The summed E-state index contributed by atoms with van der Waals surface area (Å²) in [6.07, 6.45) is 2.50.